The Morgan fingerprint density at radius 2 is 1.39 bits per heavy atom. The summed E-state index contributed by atoms with van der Waals surface area (Å²) in [4.78, 5) is 0. The van der Waals surface area contributed by atoms with Crippen molar-refractivity contribution in [2.24, 2.45) is 17.8 Å². The molecule has 228 valence electrons. The first-order valence-electron chi connectivity index (χ1n) is 14.8. The lowest BCUT2D eigenvalue weighted by Crippen LogP contribution is -2.37. The lowest BCUT2D eigenvalue weighted by Gasteiger charge is -2.34. The monoisotopic (exact) mass is 588 g/mol. The summed E-state index contributed by atoms with van der Waals surface area (Å²) in [5.41, 5.74) is 0.0720. The summed E-state index contributed by atoms with van der Waals surface area (Å²) < 4.78 is 106. The first kappa shape index (κ1) is 31.6. The molecule has 0 bridgehead atoms. The summed E-state index contributed by atoms with van der Waals surface area (Å²) in [6, 6.07) is 6.89. The van der Waals surface area contributed by atoms with Crippen LogP contribution in [0.4, 0.5) is 30.7 Å². The molecule has 0 N–H and O–H groups in total. The van der Waals surface area contributed by atoms with Gasteiger partial charge in [-0.1, -0.05) is 38.3 Å². The smallest absolute Gasteiger partial charge is 0.419 e. The zero-order chi connectivity index (χ0) is 29.6. The average Bonchev–Trinajstić information content (AvgIpc) is 2.91. The number of ether oxygens (including phenoxy) is 2. The number of hydrogen-bond donors (Lipinski definition) is 0. The molecule has 2 nitrogen and oxygen atoms in total. The SMILES string of the molecule is CCCc1ccc(COC2CCC(CCC3CCC(C(F)(F)Oc4ccc(C(F)(F)F)c(F)c4)CC3)CC2)c(F)c1. The molecule has 2 aromatic carbocycles. The zero-order valence-electron chi connectivity index (χ0n) is 23.4. The Labute approximate surface area is 237 Å². The van der Waals surface area contributed by atoms with E-state index in [0.29, 0.717) is 42.4 Å². The van der Waals surface area contributed by atoms with Gasteiger partial charge >= 0.3 is 12.3 Å². The highest BCUT2D eigenvalue weighted by Crippen LogP contribution is 2.43. The quantitative estimate of drug-likeness (QED) is 0.243. The van der Waals surface area contributed by atoms with Crippen molar-refractivity contribution in [1.29, 1.82) is 0 Å². The van der Waals surface area contributed by atoms with Crippen LogP contribution < -0.4 is 4.74 Å². The molecule has 2 saturated carbocycles. The van der Waals surface area contributed by atoms with Crippen LogP contribution in [0.15, 0.2) is 36.4 Å². The van der Waals surface area contributed by atoms with Gasteiger partial charge in [0.25, 0.3) is 0 Å². The summed E-state index contributed by atoms with van der Waals surface area (Å²) >= 11 is 0. The predicted molar refractivity (Wildman–Crippen MR) is 143 cm³/mol. The first-order valence-corrected chi connectivity index (χ1v) is 14.8. The lowest BCUT2D eigenvalue weighted by molar-refractivity contribution is -0.223. The molecule has 0 saturated heterocycles. The second kappa shape index (κ2) is 13.8. The van der Waals surface area contributed by atoms with E-state index in [-0.39, 0.29) is 31.4 Å². The predicted octanol–water partition coefficient (Wildman–Crippen LogP) is 10.3. The summed E-state index contributed by atoms with van der Waals surface area (Å²) in [5, 5.41) is 0. The maximum Gasteiger partial charge on any atom is 0.419 e. The Bertz CT molecular complexity index is 1120. The first-order chi connectivity index (χ1) is 19.4. The fraction of sp³-hybridized carbons (Fsp3) is 0.625. The van der Waals surface area contributed by atoms with Crippen LogP contribution in [0.3, 0.4) is 0 Å². The highest BCUT2D eigenvalue weighted by molar-refractivity contribution is 5.31. The molecule has 41 heavy (non-hydrogen) atoms. The van der Waals surface area contributed by atoms with Gasteiger partial charge in [-0.3, -0.25) is 0 Å². The third-order valence-electron chi connectivity index (χ3n) is 8.73. The van der Waals surface area contributed by atoms with Crippen LogP contribution in [0.1, 0.15) is 94.2 Å². The van der Waals surface area contributed by atoms with Crippen LogP contribution in [0.25, 0.3) is 0 Å². The number of rotatable bonds is 11. The van der Waals surface area contributed by atoms with Gasteiger partial charge in [0.15, 0.2) is 0 Å². The number of alkyl halides is 5. The molecule has 0 spiro atoms. The van der Waals surface area contributed by atoms with Crippen molar-refractivity contribution in [2.45, 2.75) is 109 Å². The number of hydrogen-bond acceptors (Lipinski definition) is 2. The summed E-state index contributed by atoms with van der Waals surface area (Å²) in [5.74, 6) is -2.62. The van der Waals surface area contributed by atoms with Crippen molar-refractivity contribution in [1.82, 2.24) is 0 Å². The molecule has 0 radical (unpaired) electrons. The van der Waals surface area contributed by atoms with Crippen LogP contribution in [-0.4, -0.2) is 12.2 Å². The summed E-state index contributed by atoms with van der Waals surface area (Å²) in [6.45, 7) is 2.34. The fourth-order valence-corrected chi connectivity index (χ4v) is 6.24. The Balaban J connectivity index is 1.14. The van der Waals surface area contributed by atoms with E-state index in [9.17, 15) is 30.7 Å². The molecule has 2 fully saturated rings. The minimum Gasteiger partial charge on any atom is -0.432 e. The fourth-order valence-electron chi connectivity index (χ4n) is 6.24. The molecular weight excluding hydrogens is 549 g/mol. The molecule has 0 atom stereocenters. The second-order valence-electron chi connectivity index (χ2n) is 11.7. The van der Waals surface area contributed by atoms with E-state index < -0.39 is 35.3 Å². The van der Waals surface area contributed by atoms with Crippen molar-refractivity contribution in [3.8, 4) is 5.75 Å². The highest BCUT2D eigenvalue weighted by atomic mass is 19.4. The number of halogens is 7. The van der Waals surface area contributed by atoms with Gasteiger partial charge in [-0.05, 0) is 93.4 Å². The van der Waals surface area contributed by atoms with Gasteiger partial charge in [-0.25, -0.2) is 8.78 Å². The summed E-state index contributed by atoms with van der Waals surface area (Å²) in [7, 11) is 0. The third kappa shape index (κ3) is 8.85. The van der Waals surface area contributed by atoms with Crippen molar-refractivity contribution in [3.63, 3.8) is 0 Å². The van der Waals surface area contributed by atoms with Gasteiger partial charge in [0, 0.05) is 11.6 Å². The molecule has 0 aromatic heterocycles. The van der Waals surface area contributed by atoms with Crippen LogP contribution in [-0.2, 0) is 23.9 Å². The normalized spacial score (nSPS) is 23.9. The van der Waals surface area contributed by atoms with E-state index in [1.165, 1.54) is 0 Å². The Morgan fingerprint density at radius 1 is 0.756 bits per heavy atom. The molecule has 0 amide bonds. The van der Waals surface area contributed by atoms with E-state index in [1.807, 2.05) is 12.1 Å². The Kier molecular flexibility index (Phi) is 10.6. The number of benzene rings is 2. The molecule has 2 aliphatic carbocycles. The van der Waals surface area contributed by atoms with Gasteiger partial charge in [-0.2, -0.15) is 22.0 Å². The molecule has 2 aliphatic rings. The molecule has 9 heteroatoms. The van der Waals surface area contributed by atoms with E-state index in [2.05, 4.69) is 11.7 Å². The molecule has 0 heterocycles. The van der Waals surface area contributed by atoms with Crippen LogP contribution in [0, 0.1) is 29.4 Å². The molecular formula is C32H39F7O2. The molecule has 2 aromatic rings. The average molecular weight is 589 g/mol. The van der Waals surface area contributed by atoms with E-state index >= 15 is 0 Å². The number of aryl methyl sites for hydroxylation is 1. The minimum absolute atomic E-state index is 0.122. The van der Waals surface area contributed by atoms with Gasteiger partial charge < -0.3 is 9.47 Å². The largest absolute Gasteiger partial charge is 0.432 e. The maximum atomic E-state index is 14.7. The Morgan fingerprint density at radius 3 is 1.95 bits per heavy atom. The molecule has 0 aliphatic heterocycles. The van der Waals surface area contributed by atoms with Crippen molar-refractivity contribution in [2.75, 3.05) is 0 Å². The molecule has 0 unspecified atom stereocenters. The minimum atomic E-state index is -4.90. The standard InChI is InChI=1S/C32H39F7O2/c1-2-3-23-6-11-24(29(33)18-23)20-40-26-14-9-22(10-15-26)5-4-21-7-12-25(13-8-21)32(38,39)41-27-16-17-28(30(34)19-27)31(35,36)37/h6,11,16-19,21-22,25-26H,2-5,7-10,12-15,20H2,1H3. The third-order valence-corrected chi connectivity index (χ3v) is 8.73. The van der Waals surface area contributed by atoms with Crippen LogP contribution >= 0.6 is 0 Å². The second-order valence-corrected chi connectivity index (χ2v) is 11.7. The summed E-state index contributed by atoms with van der Waals surface area (Å²) in [6.07, 6.45) is 1.16. The van der Waals surface area contributed by atoms with Crippen molar-refractivity contribution >= 4 is 0 Å². The van der Waals surface area contributed by atoms with Gasteiger partial charge in [0.1, 0.15) is 17.4 Å². The highest BCUT2D eigenvalue weighted by Gasteiger charge is 2.44. The van der Waals surface area contributed by atoms with E-state index in [0.717, 1.165) is 63.0 Å². The van der Waals surface area contributed by atoms with Gasteiger partial charge in [0.2, 0.25) is 0 Å². The topological polar surface area (TPSA) is 18.5 Å². The Hall–Kier alpha value is -2.29. The van der Waals surface area contributed by atoms with Crippen molar-refractivity contribution < 1.29 is 40.2 Å². The van der Waals surface area contributed by atoms with Crippen LogP contribution in [0.2, 0.25) is 0 Å². The van der Waals surface area contributed by atoms with E-state index in [1.54, 1.807) is 6.07 Å². The maximum absolute atomic E-state index is 14.7. The lowest BCUT2D eigenvalue weighted by atomic mass is 9.76. The van der Waals surface area contributed by atoms with Gasteiger partial charge in [-0.15, -0.1) is 0 Å². The van der Waals surface area contributed by atoms with Crippen molar-refractivity contribution in [3.05, 3.63) is 64.7 Å². The zero-order valence-corrected chi connectivity index (χ0v) is 23.4. The molecule has 4 rings (SSSR count). The van der Waals surface area contributed by atoms with E-state index in [4.69, 9.17) is 4.74 Å². The van der Waals surface area contributed by atoms with Crippen LogP contribution in [0.5, 0.6) is 5.75 Å². The van der Waals surface area contributed by atoms with Gasteiger partial charge in [0.05, 0.1) is 24.2 Å².